The van der Waals surface area contributed by atoms with Crippen LogP contribution < -0.4 is 10.3 Å². The lowest BCUT2D eigenvalue weighted by Gasteiger charge is -2.15. The van der Waals surface area contributed by atoms with Gasteiger partial charge in [-0.3, -0.25) is 4.79 Å². The van der Waals surface area contributed by atoms with Crippen molar-refractivity contribution in [2.24, 2.45) is 0 Å². The molecule has 0 aliphatic heterocycles. The van der Waals surface area contributed by atoms with Crippen LogP contribution >= 0.6 is 0 Å². The first kappa shape index (κ1) is 14.8. The molecule has 1 N–H and O–H groups in total. The topological polar surface area (TPSA) is 68.5 Å². The summed E-state index contributed by atoms with van der Waals surface area (Å²) in [4.78, 5) is 28.6. The van der Waals surface area contributed by atoms with Crippen molar-refractivity contribution in [1.29, 1.82) is 0 Å². The van der Waals surface area contributed by atoms with E-state index in [9.17, 15) is 9.59 Å². The maximum atomic E-state index is 11.9. The largest absolute Gasteiger partial charge is 0.477 e. The van der Waals surface area contributed by atoms with Crippen molar-refractivity contribution in [2.45, 2.75) is 19.8 Å². The van der Waals surface area contributed by atoms with E-state index >= 15 is 0 Å². The Balaban J connectivity index is 2.49. The fourth-order valence-electron chi connectivity index (χ4n) is 1.91. The monoisotopic (exact) mass is 287 g/mol. The van der Waals surface area contributed by atoms with Gasteiger partial charge in [0.2, 0.25) is 0 Å². The van der Waals surface area contributed by atoms with Crippen LogP contribution in [0.15, 0.2) is 47.4 Å². The molecule has 0 fully saturated rings. The molecule has 1 aromatic carbocycles. The van der Waals surface area contributed by atoms with Crippen LogP contribution in [0.25, 0.3) is 11.3 Å². The molecule has 0 atom stereocenters. The number of unbranched alkanes of at least 4 members (excludes halogenated alkanes) is 1. The molecule has 5 nitrogen and oxygen atoms in total. The Hall–Kier alpha value is -2.56. The third kappa shape index (κ3) is 3.51. The molecule has 0 saturated carbocycles. The maximum Gasteiger partial charge on any atom is 0.341 e. The van der Waals surface area contributed by atoms with E-state index < -0.39 is 11.4 Å². The molecule has 0 saturated heterocycles. The Kier molecular flexibility index (Phi) is 4.77. The van der Waals surface area contributed by atoms with Gasteiger partial charge in [0.1, 0.15) is 12.2 Å². The van der Waals surface area contributed by atoms with Crippen LogP contribution in [0, 0.1) is 0 Å². The van der Waals surface area contributed by atoms with Crippen LogP contribution in [-0.2, 0) is 0 Å². The second kappa shape index (κ2) is 6.74. The summed E-state index contributed by atoms with van der Waals surface area (Å²) in [5.74, 6) is -1.26. The number of pyridine rings is 1. The van der Waals surface area contributed by atoms with E-state index in [0.717, 1.165) is 18.4 Å². The van der Waals surface area contributed by atoms with Crippen LogP contribution in [0.5, 0.6) is 0 Å². The number of aromatic nitrogens is 1. The van der Waals surface area contributed by atoms with Crippen molar-refractivity contribution in [3.63, 3.8) is 0 Å². The molecule has 2 aromatic rings. The minimum Gasteiger partial charge on any atom is -0.477 e. The van der Waals surface area contributed by atoms with Gasteiger partial charge in [0.25, 0.3) is 0 Å². The first-order chi connectivity index (χ1) is 10.1. The van der Waals surface area contributed by atoms with Crippen LogP contribution in [0.1, 0.15) is 30.1 Å². The van der Waals surface area contributed by atoms with Gasteiger partial charge in [-0.05, 0) is 6.42 Å². The van der Waals surface area contributed by atoms with Crippen molar-refractivity contribution >= 4 is 5.97 Å². The molecule has 0 unspecified atom stereocenters. The third-order valence-electron chi connectivity index (χ3n) is 3.05. The Bertz CT molecular complexity index is 676. The molecule has 5 heteroatoms. The zero-order valence-electron chi connectivity index (χ0n) is 11.8. The normalized spacial score (nSPS) is 10.3. The fourth-order valence-corrected chi connectivity index (χ4v) is 1.91. The third-order valence-corrected chi connectivity index (χ3v) is 3.05. The molecule has 0 bridgehead atoms. The summed E-state index contributed by atoms with van der Waals surface area (Å²) in [7, 11) is 0. The molecular formula is C16H17NO4. The van der Waals surface area contributed by atoms with Gasteiger partial charge in [0.05, 0.1) is 11.9 Å². The van der Waals surface area contributed by atoms with E-state index in [0.29, 0.717) is 12.3 Å². The molecule has 1 heterocycles. The molecule has 0 aliphatic rings. The van der Waals surface area contributed by atoms with Crippen LogP contribution in [-0.4, -0.2) is 22.4 Å². The summed E-state index contributed by atoms with van der Waals surface area (Å²) in [5, 5.41) is 9.05. The molecule has 0 amide bonds. The predicted molar refractivity (Wildman–Crippen MR) is 79.5 cm³/mol. The first-order valence-electron chi connectivity index (χ1n) is 6.82. The van der Waals surface area contributed by atoms with E-state index in [1.54, 1.807) is 0 Å². The number of hydrogen-bond donors (Lipinski definition) is 1. The van der Waals surface area contributed by atoms with Crippen molar-refractivity contribution in [3.8, 4) is 11.3 Å². The molecule has 0 radical (unpaired) electrons. The highest BCUT2D eigenvalue weighted by Gasteiger charge is 2.14. The lowest BCUT2D eigenvalue weighted by atomic mass is 10.1. The molecule has 2 rings (SSSR count). The predicted octanol–water partition coefficient (Wildman–Crippen LogP) is 2.44. The van der Waals surface area contributed by atoms with Crippen molar-refractivity contribution < 1.29 is 14.7 Å². The zero-order chi connectivity index (χ0) is 15.2. The van der Waals surface area contributed by atoms with Crippen LogP contribution in [0.4, 0.5) is 0 Å². The Labute approximate surface area is 122 Å². The highest BCUT2D eigenvalue weighted by Crippen LogP contribution is 2.17. The van der Waals surface area contributed by atoms with E-state index in [1.165, 1.54) is 17.0 Å². The van der Waals surface area contributed by atoms with E-state index in [2.05, 4.69) is 0 Å². The Morgan fingerprint density at radius 2 is 2.00 bits per heavy atom. The summed E-state index contributed by atoms with van der Waals surface area (Å²) in [6.07, 6.45) is 3.05. The summed E-state index contributed by atoms with van der Waals surface area (Å²) >= 11 is 0. The standard InChI is InChI=1S/C16H17NO4/c1-2-3-9-21-17-11-13(16(19)20)15(18)10-14(17)12-7-5-4-6-8-12/h4-8,10-11H,2-3,9H2,1H3,(H,19,20). The minimum atomic E-state index is -1.26. The minimum absolute atomic E-state index is 0.300. The first-order valence-corrected chi connectivity index (χ1v) is 6.82. The van der Waals surface area contributed by atoms with E-state index in [1.807, 2.05) is 37.3 Å². The molecule has 1 aromatic heterocycles. The smallest absolute Gasteiger partial charge is 0.341 e. The van der Waals surface area contributed by atoms with Gasteiger partial charge < -0.3 is 9.94 Å². The quantitative estimate of drug-likeness (QED) is 0.829. The number of aromatic carboxylic acids is 1. The van der Waals surface area contributed by atoms with Gasteiger partial charge in [0, 0.05) is 11.6 Å². The number of carboxylic acids is 1. The average Bonchev–Trinajstić information content (AvgIpc) is 2.49. The molecule has 0 aliphatic carbocycles. The number of nitrogens with zero attached hydrogens (tertiary/aromatic N) is 1. The van der Waals surface area contributed by atoms with Gasteiger partial charge in [-0.15, -0.1) is 0 Å². The van der Waals surface area contributed by atoms with Gasteiger partial charge in [-0.2, -0.15) is 4.73 Å². The number of carboxylic acid groups (broad SMARTS) is 1. The molecule has 21 heavy (non-hydrogen) atoms. The van der Waals surface area contributed by atoms with Crippen molar-refractivity contribution in [1.82, 2.24) is 4.73 Å². The summed E-state index contributed by atoms with van der Waals surface area (Å²) in [5.41, 5.74) is 0.507. The summed E-state index contributed by atoms with van der Waals surface area (Å²) in [6.45, 7) is 2.49. The zero-order valence-corrected chi connectivity index (χ0v) is 11.8. The number of benzene rings is 1. The molecule has 0 spiro atoms. The average molecular weight is 287 g/mol. The molecular weight excluding hydrogens is 270 g/mol. The number of rotatable bonds is 6. The second-order valence-corrected chi connectivity index (χ2v) is 4.62. The number of carbonyl (C=O) groups is 1. The van der Waals surface area contributed by atoms with Gasteiger partial charge in [-0.1, -0.05) is 43.7 Å². The lowest BCUT2D eigenvalue weighted by molar-refractivity contribution is 0.0683. The Morgan fingerprint density at radius 1 is 1.29 bits per heavy atom. The maximum absolute atomic E-state index is 11.9. The van der Waals surface area contributed by atoms with Gasteiger partial charge in [-0.25, -0.2) is 4.79 Å². The van der Waals surface area contributed by atoms with Gasteiger partial charge in [0.15, 0.2) is 5.43 Å². The van der Waals surface area contributed by atoms with Crippen LogP contribution in [0.3, 0.4) is 0 Å². The fraction of sp³-hybridized carbons (Fsp3) is 0.250. The summed E-state index contributed by atoms with van der Waals surface area (Å²) < 4.78 is 1.37. The molecule has 110 valence electrons. The van der Waals surface area contributed by atoms with Crippen molar-refractivity contribution in [2.75, 3.05) is 6.61 Å². The van der Waals surface area contributed by atoms with Crippen molar-refractivity contribution in [3.05, 3.63) is 58.4 Å². The van der Waals surface area contributed by atoms with Crippen LogP contribution in [0.2, 0.25) is 0 Å². The van der Waals surface area contributed by atoms with E-state index in [4.69, 9.17) is 9.94 Å². The highest BCUT2D eigenvalue weighted by molar-refractivity contribution is 5.87. The lowest BCUT2D eigenvalue weighted by Crippen LogP contribution is -2.23. The number of hydrogen-bond acceptors (Lipinski definition) is 3. The van der Waals surface area contributed by atoms with Gasteiger partial charge >= 0.3 is 5.97 Å². The highest BCUT2D eigenvalue weighted by atomic mass is 16.7. The van der Waals surface area contributed by atoms with E-state index in [-0.39, 0.29) is 5.56 Å². The SMILES string of the molecule is CCCCOn1cc(C(=O)O)c(=O)cc1-c1ccccc1. The Morgan fingerprint density at radius 3 is 2.62 bits per heavy atom. The summed E-state index contributed by atoms with van der Waals surface area (Å²) in [6, 6.07) is 10.5. The second-order valence-electron chi connectivity index (χ2n) is 4.62.